The Morgan fingerprint density at radius 1 is 1.14 bits per heavy atom. The molecule has 1 unspecified atom stereocenters. The van der Waals surface area contributed by atoms with Crippen LogP contribution in [-0.4, -0.2) is 19.7 Å². The number of nitrogens with zero attached hydrogens (tertiary/aromatic N) is 1. The quantitative estimate of drug-likeness (QED) is 0.664. The van der Waals surface area contributed by atoms with Gasteiger partial charge in [-0.1, -0.05) is 18.2 Å². The van der Waals surface area contributed by atoms with Crippen LogP contribution >= 0.6 is 0 Å². The van der Waals surface area contributed by atoms with Crippen molar-refractivity contribution in [1.29, 1.82) is 0 Å². The van der Waals surface area contributed by atoms with Crippen molar-refractivity contribution < 1.29 is 4.74 Å². The van der Waals surface area contributed by atoms with E-state index in [1.165, 1.54) is 37.2 Å². The van der Waals surface area contributed by atoms with E-state index in [4.69, 9.17) is 4.74 Å². The lowest BCUT2D eigenvalue weighted by atomic mass is 10.1. The predicted molar refractivity (Wildman–Crippen MR) is 56.6 cm³/mol. The second kappa shape index (κ2) is 3.28. The maximum absolute atomic E-state index is 5.37. The molecule has 2 heterocycles. The molecule has 0 amide bonds. The van der Waals surface area contributed by atoms with Gasteiger partial charge >= 0.3 is 0 Å². The highest BCUT2D eigenvalue weighted by Crippen LogP contribution is 2.37. The fourth-order valence-corrected chi connectivity index (χ4v) is 2.23. The summed E-state index contributed by atoms with van der Waals surface area (Å²) in [7, 11) is 0. The monoisotopic (exact) mass is 189 g/mol. The van der Waals surface area contributed by atoms with Crippen molar-refractivity contribution >= 4 is 5.69 Å². The highest BCUT2D eigenvalue weighted by atomic mass is 16.6. The Labute approximate surface area is 84.5 Å². The maximum atomic E-state index is 5.37. The molecule has 2 aliphatic rings. The lowest BCUT2D eigenvalue weighted by Gasteiger charge is -2.20. The van der Waals surface area contributed by atoms with Crippen LogP contribution in [0.15, 0.2) is 24.3 Å². The molecule has 0 aromatic heterocycles. The van der Waals surface area contributed by atoms with Crippen LogP contribution in [0.2, 0.25) is 0 Å². The van der Waals surface area contributed by atoms with E-state index in [-0.39, 0.29) is 0 Å². The van der Waals surface area contributed by atoms with Crippen LogP contribution in [0, 0.1) is 0 Å². The van der Waals surface area contributed by atoms with Gasteiger partial charge in [-0.3, -0.25) is 0 Å². The lowest BCUT2D eigenvalue weighted by molar-refractivity contribution is 0.415. The summed E-state index contributed by atoms with van der Waals surface area (Å²) in [6, 6.07) is 8.66. The first kappa shape index (κ1) is 8.30. The molecular formula is C12H15NO. The highest BCUT2D eigenvalue weighted by Gasteiger charge is 2.29. The predicted octanol–water partition coefficient (Wildman–Crippen LogP) is 2.36. The van der Waals surface area contributed by atoms with Gasteiger partial charge < -0.3 is 9.64 Å². The molecule has 3 rings (SSSR count). The molecule has 2 aliphatic heterocycles. The van der Waals surface area contributed by atoms with Gasteiger partial charge in [-0.15, -0.1) is 0 Å². The van der Waals surface area contributed by atoms with Crippen LogP contribution in [0.4, 0.5) is 5.69 Å². The molecule has 2 saturated heterocycles. The van der Waals surface area contributed by atoms with Crippen LogP contribution in [0.25, 0.3) is 0 Å². The second-order valence-corrected chi connectivity index (χ2v) is 4.07. The molecule has 0 bridgehead atoms. The van der Waals surface area contributed by atoms with Crippen molar-refractivity contribution in [1.82, 2.24) is 0 Å². The Bertz CT molecular complexity index is 327. The van der Waals surface area contributed by atoms with Crippen molar-refractivity contribution in [2.75, 3.05) is 24.6 Å². The average molecular weight is 189 g/mol. The van der Waals surface area contributed by atoms with E-state index in [1.807, 2.05) is 0 Å². The number of anilines is 1. The topological polar surface area (TPSA) is 15.8 Å². The van der Waals surface area contributed by atoms with Crippen LogP contribution in [0.1, 0.15) is 24.5 Å². The first-order valence-corrected chi connectivity index (χ1v) is 5.40. The Morgan fingerprint density at radius 3 is 2.57 bits per heavy atom. The lowest BCUT2D eigenvalue weighted by Crippen LogP contribution is -2.19. The number of ether oxygens (including phenoxy) is 1. The zero-order valence-electron chi connectivity index (χ0n) is 8.28. The average Bonchev–Trinajstić information content (AvgIpc) is 2.94. The van der Waals surface area contributed by atoms with Crippen LogP contribution in [0.3, 0.4) is 0 Å². The summed E-state index contributed by atoms with van der Waals surface area (Å²) in [5.41, 5.74) is 2.78. The van der Waals surface area contributed by atoms with Crippen LogP contribution in [-0.2, 0) is 4.74 Å². The maximum Gasteiger partial charge on any atom is 0.108 e. The zero-order chi connectivity index (χ0) is 9.38. The van der Waals surface area contributed by atoms with Gasteiger partial charge in [-0.05, 0) is 18.9 Å². The van der Waals surface area contributed by atoms with Gasteiger partial charge in [-0.2, -0.15) is 0 Å². The van der Waals surface area contributed by atoms with E-state index in [0.29, 0.717) is 6.10 Å². The SMILES string of the molecule is c1ccc(N2CCCC2)c(C2CO2)c1. The van der Waals surface area contributed by atoms with Crippen molar-refractivity contribution in [3.05, 3.63) is 29.8 Å². The van der Waals surface area contributed by atoms with Crippen molar-refractivity contribution in [3.8, 4) is 0 Å². The summed E-state index contributed by atoms with van der Waals surface area (Å²) < 4.78 is 5.37. The third-order valence-electron chi connectivity index (χ3n) is 3.06. The molecule has 74 valence electrons. The van der Waals surface area contributed by atoms with E-state index < -0.39 is 0 Å². The molecule has 0 aliphatic carbocycles. The number of hydrogen-bond acceptors (Lipinski definition) is 2. The Morgan fingerprint density at radius 2 is 1.86 bits per heavy atom. The molecule has 0 saturated carbocycles. The summed E-state index contributed by atoms with van der Waals surface area (Å²) >= 11 is 0. The van der Waals surface area contributed by atoms with Gasteiger partial charge in [0, 0.05) is 24.3 Å². The zero-order valence-corrected chi connectivity index (χ0v) is 8.28. The summed E-state index contributed by atoms with van der Waals surface area (Å²) in [5.74, 6) is 0. The second-order valence-electron chi connectivity index (χ2n) is 4.07. The molecule has 2 fully saturated rings. The van der Waals surface area contributed by atoms with Gasteiger partial charge in [-0.25, -0.2) is 0 Å². The molecule has 2 heteroatoms. The highest BCUT2D eigenvalue weighted by molar-refractivity contribution is 5.56. The third kappa shape index (κ3) is 1.40. The van der Waals surface area contributed by atoms with Crippen LogP contribution in [0.5, 0.6) is 0 Å². The Balaban J connectivity index is 1.94. The normalized spacial score (nSPS) is 25.4. The Kier molecular flexibility index (Phi) is 1.95. The number of para-hydroxylation sites is 1. The number of hydrogen-bond donors (Lipinski definition) is 0. The molecule has 0 spiro atoms. The van der Waals surface area contributed by atoms with E-state index in [9.17, 15) is 0 Å². The van der Waals surface area contributed by atoms with E-state index in [0.717, 1.165) is 6.61 Å². The van der Waals surface area contributed by atoms with Gasteiger partial charge in [0.05, 0.1) is 6.61 Å². The van der Waals surface area contributed by atoms with Gasteiger partial charge in [0.15, 0.2) is 0 Å². The number of rotatable bonds is 2. The fourth-order valence-electron chi connectivity index (χ4n) is 2.23. The van der Waals surface area contributed by atoms with E-state index >= 15 is 0 Å². The minimum atomic E-state index is 0.381. The summed E-state index contributed by atoms with van der Waals surface area (Å²) in [6.07, 6.45) is 3.05. The summed E-state index contributed by atoms with van der Waals surface area (Å²) in [6.45, 7) is 3.33. The summed E-state index contributed by atoms with van der Waals surface area (Å²) in [4.78, 5) is 2.48. The fraction of sp³-hybridized carbons (Fsp3) is 0.500. The number of benzene rings is 1. The smallest absolute Gasteiger partial charge is 0.108 e. The first-order valence-electron chi connectivity index (χ1n) is 5.40. The van der Waals surface area contributed by atoms with Gasteiger partial charge in [0.25, 0.3) is 0 Å². The molecule has 1 aromatic carbocycles. The van der Waals surface area contributed by atoms with E-state index in [2.05, 4.69) is 29.2 Å². The Hall–Kier alpha value is -1.02. The minimum Gasteiger partial charge on any atom is -0.371 e. The van der Waals surface area contributed by atoms with Crippen LogP contribution < -0.4 is 4.90 Å². The molecule has 2 nitrogen and oxygen atoms in total. The third-order valence-corrected chi connectivity index (χ3v) is 3.06. The van der Waals surface area contributed by atoms with Gasteiger partial charge in [0.2, 0.25) is 0 Å². The number of epoxide rings is 1. The standard InChI is InChI=1S/C12H15NO/c1-2-6-11(13-7-3-4-8-13)10(5-1)12-9-14-12/h1-2,5-6,12H,3-4,7-9H2. The van der Waals surface area contributed by atoms with E-state index in [1.54, 1.807) is 0 Å². The van der Waals surface area contributed by atoms with Crippen molar-refractivity contribution in [3.63, 3.8) is 0 Å². The molecule has 0 radical (unpaired) electrons. The molecule has 0 N–H and O–H groups in total. The largest absolute Gasteiger partial charge is 0.371 e. The van der Waals surface area contributed by atoms with Gasteiger partial charge in [0.1, 0.15) is 6.10 Å². The first-order chi connectivity index (χ1) is 6.95. The molecular weight excluding hydrogens is 174 g/mol. The molecule has 14 heavy (non-hydrogen) atoms. The molecule has 1 atom stereocenters. The summed E-state index contributed by atoms with van der Waals surface area (Å²) in [5, 5.41) is 0. The molecule has 1 aromatic rings. The minimum absolute atomic E-state index is 0.381. The van der Waals surface area contributed by atoms with Crippen molar-refractivity contribution in [2.45, 2.75) is 18.9 Å². The van der Waals surface area contributed by atoms with Crippen molar-refractivity contribution in [2.24, 2.45) is 0 Å².